The van der Waals surface area contributed by atoms with Crippen molar-refractivity contribution in [2.75, 3.05) is 25.1 Å². The number of fused-ring (bicyclic) bond motifs is 1. The fourth-order valence-corrected chi connectivity index (χ4v) is 5.18. The molecular formula is C26H33N5O. The van der Waals surface area contributed by atoms with E-state index in [1.807, 2.05) is 32.5 Å². The predicted molar refractivity (Wildman–Crippen MR) is 129 cm³/mol. The van der Waals surface area contributed by atoms with E-state index >= 15 is 0 Å². The van der Waals surface area contributed by atoms with Crippen molar-refractivity contribution in [2.45, 2.75) is 63.6 Å². The molecule has 1 aromatic carbocycles. The molecule has 1 saturated carbocycles. The van der Waals surface area contributed by atoms with Gasteiger partial charge in [-0.05, 0) is 38.3 Å². The molecule has 1 N–H and O–H groups in total. The normalized spacial score (nSPS) is 22.4. The van der Waals surface area contributed by atoms with Crippen LogP contribution in [-0.2, 0) is 4.74 Å². The fraction of sp³-hybridized carbons (Fsp3) is 0.500. The second kappa shape index (κ2) is 9.51. The number of nitrogens with one attached hydrogen (secondary N) is 1. The quantitative estimate of drug-likeness (QED) is 0.641. The zero-order valence-corrected chi connectivity index (χ0v) is 19.1. The Hall–Kier alpha value is -2.57. The highest BCUT2D eigenvalue weighted by molar-refractivity contribution is 5.88. The molecule has 3 aromatic rings. The van der Waals surface area contributed by atoms with E-state index in [2.05, 4.69) is 44.5 Å². The molecule has 0 bridgehead atoms. The molecule has 1 aliphatic carbocycles. The van der Waals surface area contributed by atoms with Crippen molar-refractivity contribution in [1.82, 2.24) is 20.3 Å². The van der Waals surface area contributed by atoms with Crippen LogP contribution in [0.3, 0.4) is 0 Å². The average Bonchev–Trinajstić information content (AvgIpc) is 2.84. The monoisotopic (exact) mass is 431 g/mol. The van der Waals surface area contributed by atoms with Gasteiger partial charge in [-0.2, -0.15) is 0 Å². The van der Waals surface area contributed by atoms with Crippen molar-refractivity contribution < 1.29 is 4.74 Å². The van der Waals surface area contributed by atoms with E-state index < -0.39 is 0 Å². The number of para-hydroxylation sites is 1. The highest BCUT2D eigenvalue weighted by Gasteiger charge is 2.33. The molecular weight excluding hydrogens is 398 g/mol. The van der Waals surface area contributed by atoms with Gasteiger partial charge in [0.25, 0.3) is 0 Å². The van der Waals surface area contributed by atoms with Crippen LogP contribution in [0, 0.1) is 6.92 Å². The maximum Gasteiger partial charge on any atom is 0.138 e. The maximum atomic E-state index is 5.99. The van der Waals surface area contributed by atoms with Gasteiger partial charge in [-0.25, -0.2) is 4.98 Å². The van der Waals surface area contributed by atoms with Gasteiger partial charge in [0.05, 0.1) is 29.2 Å². The van der Waals surface area contributed by atoms with Crippen molar-refractivity contribution in [2.24, 2.45) is 0 Å². The first-order valence-electron chi connectivity index (χ1n) is 11.9. The van der Waals surface area contributed by atoms with Crippen molar-refractivity contribution >= 4 is 16.7 Å². The number of hydrogen-bond donors (Lipinski definition) is 1. The lowest BCUT2D eigenvalue weighted by atomic mass is 9.92. The Balaban J connectivity index is 1.44. The van der Waals surface area contributed by atoms with Crippen molar-refractivity contribution in [3.63, 3.8) is 0 Å². The number of nitrogens with zero attached hydrogens (tertiary/aromatic N) is 4. The number of methoxy groups -OCH3 is 1. The minimum atomic E-state index is 0.135. The van der Waals surface area contributed by atoms with E-state index in [9.17, 15) is 0 Å². The molecule has 0 spiro atoms. The Morgan fingerprint density at radius 3 is 2.66 bits per heavy atom. The smallest absolute Gasteiger partial charge is 0.138 e. The third-order valence-corrected chi connectivity index (χ3v) is 6.98. The third kappa shape index (κ3) is 4.48. The van der Waals surface area contributed by atoms with Gasteiger partial charge in [0, 0.05) is 49.4 Å². The molecule has 0 radical (unpaired) electrons. The van der Waals surface area contributed by atoms with Gasteiger partial charge in [-0.3, -0.25) is 9.97 Å². The summed E-state index contributed by atoms with van der Waals surface area (Å²) >= 11 is 0. The molecule has 2 atom stereocenters. The minimum Gasteiger partial charge on any atom is -0.378 e. The zero-order valence-electron chi connectivity index (χ0n) is 19.1. The zero-order chi connectivity index (χ0) is 21.9. The summed E-state index contributed by atoms with van der Waals surface area (Å²) in [5.74, 6) is 0.972. The van der Waals surface area contributed by atoms with Gasteiger partial charge in [0.15, 0.2) is 0 Å². The molecule has 2 aromatic heterocycles. The predicted octanol–water partition coefficient (Wildman–Crippen LogP) is 4.52. The second-order valence-electron chi connectivity index (χ2n) is 9.21. The van der Waals surface area contributed by atoms with E-state index in [0.29, 0.717) is 12.1 Å². The topological polar surface area (TPSA) is 63.2 Å². The summed E-state index contributed by atoms with van der Waals surface area (Å²) < 4.78 is 5.99. The lowest BCUT2D eigenvalue weighted by Crippen LogP contribution is -2.56. The molecule has 2 fully saturated rings. The molecule has 2 aliphatic rings. The maximum absolute atomic E-state index is 5.99. The van der Waals surface area contributed by atoms with Crippen LogP contribution in [-0.4, -0.2) is 53.3 Å². The van der Waals surface area contributed by atoms with E-state index in [0.717, 1.165) is 53.2 Å². The van der Waals surface area contributed by atoms with E-state index in [1.165, 1.54) is 32.1 Å². The van der Waals surface area contributed by atoms with Gasteiger partial charge >= 0.3 is 0 Å². The van der Waals surface area contributed by atoms with Crippen LogP contribution in [0.5, 0.6) is 0 Å². The molecule has 0 amide bonds. The van der Waals surface area contributed by atoms with Crippen LogP contribution in [0.15, 0.2) is 42.7 Å². The van der Waals surface area contributed by atoms with Crippen LogP contribution >= 0.6 is 0 Å². The lowest BCUT2D eigenvalue weighted by Gasteiger charge is -2.41. The van der Waals surface area contributed by atoms with Gasteiger partial charge in [0.2, 0.25) is 0 Å². The first-order chi connectivity index (χ1) is 15.7. The summed E-state index contributed by atoms with van der Waals surface area (Å²) in [6.45, 7) is 3.73. The van der Waals surface area contributed by atoms with E-state index in [-0.39, 0.29) is 6.10 Å². The second-order valence-corrected chi connectivity index (χ2v) is 9.21. The van der Waals surface area contributed by atoms with E-state index in [1.54, 1.807) is 0 Å². The molecule has 1 aliphatic heterocycles. The Morgan fingerprint density at radius 1 is 1.03 bits per heavy atom. The first kappa shape index (κ1) is 21.3. The van der Waals surface area contributed by atoms with E-state index in [4.69, 9.17) is 9.72 Å². The highest BCUT2D eigenvalue weighted by atomic mass is 16.5. The molecule has 168 valence electrons. The van der Waals surface area contributed by atoms with Crippen molar-refractivity contribution in [3.8, 4) is 11.3 Å². The van der Waals surface area contributed by atoms with Gasteiger partial charge < -0.3 is 15.0 Å². The molecule has 6 nitrogen and oxygen atoms in total. The van der Waals surface area contributed by atoms with Crippen molar-refractivity contribution in [3.05, 3.63) is 48.4 Å². The number of benzene rings is 1. The molecule has 6 heteroatoms. The average molecular weight is 432 g/mol. The molecule has 2 unspecified atom stereocenters. The van der Waals surface area contributed by atoms with Crippen LogP contribution in [0.2, 0.25) is 0 Å². The molecule has 1 saturated heterocycles. The number of aryl methyl sites for hydroxylation is 1. The SMILES string of the molecule is COC1CN(c2nc3ccccc3cc2-c2cnc(C)cn2)CCC1NC1CCCCC1. The Morgan fingerprint density at radius 2 is 1.88 bits per heavy atom. The number of hydrogen-bond acceptors (Lipinski definition) is 6. The number of rotatable bonds is 5. The number of ether oxygens (including phenoxy) is 1. The van der Waals surface area contributed by atoms with Crippen LogP contribution < -0.4 is 10.2 Å². The van der Waals surface area contributed by atoms with Crippen molar-refractivity contribution in [1.29, 1.82) is 0 Å². The minimum absolute atomic E-state index is 0.135. The molecule has 3 heterocycles. The fourth-order valence-electron chi connectivity index (χ4n) is 5.18. The number of aromatic nitrogens is 3. The number of anilines is 1. The molecule has 32 heavy (non-hydrogen) atoms. The van der Waals surface area contributed by atoms with Crippen LogP contribution in [0.1, 0.15) is 44.2 Å². The van der Waals surface area contributed by atoms with Gasteiger partial charge in [-0.1, -0.05) is 37.5 Å². The summed E-state index contributed by atoms with van der Waals surface area (Å²) in [6.07, 6.45) is 11.5. The van der Waals surface area contributed by atoms with Gasteiger partial charge in [0.1, 0.15) is 5.82 Å². The summed E-state index contributed by atoms with van der Waals surface area (Å²) in [5, 5.41) is 5.04. The third-order valence-electron chi connectivity index (χ3n) is 6.98. The lowest BCUT2D eigenvalue weighted by molar-refractivity contribution is 0.0534. The first-order valence-corrected chi connectivity index (χ1v) is 11.9. The summed E-state index contributed by atoms with van der Waals surface area (Å²) in [4.78, 5) is 16.6. The summed E-state index contributed by atoms with van der Waals surface area (Å²) in [6, 6.07) is 11.5. The summed E-state index contributed by atoms with van der Waals surface area (Å²) in [5.41, 5.74) is 3.81. The largest absolute Gasteiger partial charge is 0.378 e. The number of pyridine rings is 1. The Kier molecular flexibility index (Phi) is 6.32. The summed E-state index contributed by atoms with van der Waals surface area (Å²) in [7, 11) is 1.84. The van der Waals surface area contributed by atoms with Crippen LogP contribution in [0.25, 0.3) is 22.2 Å². The standard InChI is InChI=1S/C26H33N5O/c1-18-15-28-24(16-27-18)21-14-19-8-6-7-11-22(19)30-26(21)31-13-12-23(25(17-31)32-2)29-20-9-4-3-5-10-20/h6-8,11,14-16,20,23,25,29H,3-5,9-10,12-13,17H2,1-2H3. The highest BCUT2D eigenvalue weighted by Crippen LogP contribution is 2.33. The molecule has 5 rings (SSSR count). The Labute approximate surface area is 190 Å². The van der Waals surface area contributed by atoms with Crippen LogP contribution in [0.4, 0.5) is 5.82 Å². The number of piperidine rings is 1. The van der Waals surface area contributed by atoms with Gasteiger partial charge in [-0.15, -0.1) is 0 Å². The Bertz CT molecular complexity index is 1050.